The maximum Gasteiger partial charge on any atom is 0.0868 e. The van der Waals surface area contributed by atoms with Crippen LogP contribution in [0.3, 0.4) is 0 Å². The Kier molecular flexibility index (Phi) is 2.13. The van der Waals surface area contributed by atoms with Crippen molar-refractivity contribution in [2.75, 3.05) is 18.0 Å². The molecule has 1 aliphatic rings. The molecule has 1 aliphatic heterocycles. The standard InChI is InChI=1S/C12H14N4/c1-10-7-11(3-5-13-10)15-8-12(9-15)16-6-2-4-14-16/h2-7,12H,8-9H2,1H3. The zero-order valence-corrected chi connectivity index (χ0v) is 9.24. The first-order valence-electron chi connectivity index (χ1n) is 5.49. The first-order valence-corrected chi connectivity index (χ1v) is 5.49. The van der Waals surface area contributed by atoms with Gasteiger partial charge >= 0.3 is 0 Å². The van der Waals surface area contributed by atoms with Gasteiger partial charge in [-0.05, 0) is 25.1 Å². The highest BCUT2D eigenvalue weighted by Gasteiger charge is 2.28. The highest BCUT2D eigenvalue weighted by atomic mass is 15.4. The number of hydrogen-bond donors (Lipinski definition) is 0. The smallest absolute Gasteiger partial charge is 0.0868 e. The molecule has 0 unspecified atom stereocenters. The van der Waals surface area contributed by atoms with Crippen LogP contribution >= 0.6 is 0 Å². The summed E-state index contributed by atoms with van der Waals surface area (Å²) in [4.78, 5) is 6.55. The van der Waals surface area contributed by atoms with Crippen molar-refractivity contribution >= 4 is 5.69 Å². The summed E-state index contributed by atoms with van der Waals surface area (Å²) in [7, 11) is 0. The first kappa shape index (κ1) is 9.39. The van der Waals surface area contributed by atoms with Crippen LogP contribution in [0.1, 0.15) is 11.7 Å². The number of aryl methyl sites for hydroxylation is 1. The second kappa shape index (κ2) is 3.63. The number of anilines is 1. The molecule has 0 saturated carbocycles. The van der Waals surface area contributed by atoms with Crippen LogP contribution in [0.25, 0.3) is 0 Å². The Labute approximate surface area is 94.5 Å². The van der Waals surface area contributed by atoms with E-state index < -0.39 is 0 Å². The molecule has 3 rings (SSSR count). The Balaban J connectivity index is 1.69. The molecule has 1 saturated heterocycles. The summed E-state index contributed by atoms with van der Waals surface area (Å²) in [5.41, 5.74) is 2.33. The molecule has 0 aromatic carbocycles. The van der Waals surface area contributed by atoms with Crippen LogP contribution in [0, 0.1) is 6.92 Å². The van der Waals surface area contributed by atoms with E-state index in [0.717, 1.165) is 18.8 Å². The summed E-state index contributed by atoms with van der Waals surface area (Å²) >= 11 is 0. The van der Waals surface area contributed by atoms with E-state index >= 15 is 0 Å². The average molecular weight is 214 g/mol. The van der Waals surface area contributed by atoms with Crippen LogP contribution in [0.5, 0.6) is 0 Å². The molecular weight excluding hydrogens is 200 g/mol. The molecule has 0 N–H and O–H groups in total. The lowest BCUT2D eigenvalue weighted by atomic mass is 10.1. The summed E-state index contributed by atoms with van der Waals surface area (Å²) in [6.45, 7) is 4.09. The zero-order chi connectivity index (χ0) is 11.0. The Hall–Kier alpha value is -1.84. The molecule has 0 atom stereocenters. The molecule has 0 spiro atoms. The molecule has 3 heterocycles. The fourth-order valence-corrected chi connectivity index (χ4v) is 2.06. The van der Waals surface area contributed by atoms with Crippen molar-refractivity contribution in [2.24, 2.45) is 0 Å². The first-order chi connectivity index (χ1) is 7.83. The molecule has 0 amide bonds. The Morgan fingerprint density at radius 3 is 2.88 bits per heavy atom. The molecule has 16 heavy (non-hydrogen) atoms. The van der Waals surface area contributed by atoms with E-state index in [1.165, 1.54) is 5.69 Å². The third kappa shape index (κ3) is 1.56. The largest absolute Gasteiger partial charge is 0.367 e. The van der Waals surface area contributed by atoms with Crippen LogP contribution in [0.2, 0.25) is 0 Å². The summed E-state index contributed by atoms with van der Waals surface area (Å²) in [5, 5.41) is 4.26. The van der Waals surface area contributed by atoms with Gasteiger partial charge in [0, 0.05) is 43.1 Å². The maximum absolute atomic E-state index is 4.26. The molecule has 82 valence electrons. The molecule has 0 radical (unpaired) electrons. The second-order valence-corrected chi connectivity index (χ2v) is 4.20. The minimum atomic E-state index is 0.517. The average Bonchev–Trinajstić information content (AvgIpc) is 2.69. The van der Waals surface area contributed by atoms with Gasteiger partial charge in [-0.25, -0.2) is 0 Å². The van der Waals surface area contributed by atoms with Gasteiger partial charge in [0.15, 0.2) is 0 Å². The van der Waals surface area contributed by atoms with Gasteiger partial charge < -0.3 is 4.90 Å². The predicted octanol–water partition coefficient (Wildman–Crippen LogP) is 1.65. The number of nitrogens with zero attached hydrogens (tertiary/aromatic N) is 4. The van der Waals surface area contributed by atoms with E-state index in [4.69, 9.17) is 0 Å². The number of rotatable bonds is 2. The van der Waals surface area contributed by atoms with Gasteiger partial charge in [0.25, 0.3) is 0 Å². The van der Waals surface area contributed by atoms with Crippen molar-refractivity contribution < 1.29 is 0 Å². The summed E-state index contributed by atoms with van der Waals surface area (Å²) in [6, 6.07) is 6.67. The molecule has 0 aliphatic carbocycles. The SMILES string of the molecule is Cc1cc(N2CC(n3cccn3)C2)ccn1. The summed E-state index contributed by atoms with van der Waals surface area (Å²) in [5.74, 6) is 0. The Morgan fingerprint density at radius 1 is 1.31 bits per heavy atom. The lowest BCUT2D eigenvalue weighted by molar-refractivity contribution is 0.368. The van der Waals surface area contributed by atoms with Crippen LogP contribution < -0.4 is 4.90 Å². The van der Waals surface area contributed by atoms with E-state index in [0.29, 0.717) is 6.04 Å². The van der Waals surface area contributed by atoms with Gasteiger partial charge in [-0.15, -0.1) is 0 Å². The van der Waals surface area contributed by atoms with Crippen LogP contribution in [-0.4, -0.2) is 27.9 Å². The lowest BCUT2D eigenvalue weighted by Crippen LogP contribution is -2.48. The van der Waals surface area contributed by atoms with Gasteiger partial charge in [0.1, 0.15) is 0 Å². The number of hydrogen-bond acceptors (Lipinski definition) is 3. The van der Waals surface area contributed by atoms with E-state index in [-0.39, 0.29) is 0 Å². The Morgan fingerprint density at radius 2 is 2.19 bits per heavy atom. The molecule has 2 aromatic rings. The topological polar surface area (TPSA) is 34.0 Å². The third-order valence-corrected chi connectivity index (χ3v) is 3.01. The van der Waals surface area contributed by atoms with Crippen molar-refractivity contribution in [1.82, 2.24) is 14.8 Å². The second-order valence-electron chi connectivity index (χ2n) is 4.20. The highest BCUT2D eigenvalue weighted by Crippen LogP contribution is 2.26. The predicted molar refractivity (Wildman–Crippen MR) is 62.5 cm³/mol. The number of aromatic nitrogens is 3. The Bertz CT molecular complexity index is 472. The molecule has 4 nitrogen and oxygen atoms in total. The fraction of sp³-hybridized carbons (Fsp3) is 0.333. The maximum atomic E-state index is 4.26. The van der Waals surface area contributed by atoms with Crippen LogP contribution in [0.15, 0.2) is 36.8 Å². The van der Waals surface area contributed by atoms with Crippen LogP contribution in [-0.2, 0) is 0 Å². The normalized spacial score (nSPS) is 16.2. The van der Waals surface area contributed by atoms with Gasteiger partial charge in [-0.1, -0.05) is 0 Å². The van der Waals surface area contributed by atoms with E-state index in [1.54, 1.807) is 0 Å². The van der Waals surface area contributed by atoms with Crippen molar-refractivity contribution in [2.45, 2.75) is 13.0 Å². The highest BCUT2D eigenvalue weighted by molar-refractivity contribution is 5.49. The molecule has 2 aromatic heterocycles. The minimum Gasteiger partial charge on any atom is -0.367 e. The van der Waals surface area contributed by atoms with Gasteiger partial charge in [0.05, 0.1) is 6.04 Å². The molecular formula is C12H14N4. The zero-order valence-electron chi connectivity index (χ0n) is 9.24. The summed E-state index contributed by atoms with van der Waals surface area (Å²) < 4.78 is 2.03. The van der Waals surface area contributed by atoms with Gasteiger partial charge in [-0.3, -0.25) is 9.67 Å². The van der Waals surface area contributed by atoms with Crippen molar-refractivity contribution in [3.63, 3.8) is 0 Å². The quantitative estimate of drug-likeness (QED) is 0.762. The fourth-order valence-electron chi connectivity index (χ4n) is 2.06. The molecule has 4 heteroatoms. The van der Waals surface area contributed by atoms with E-state index in [1.807, 2.05) is 36.3 Å². The molecule has 1 fully saturated rings. The van der Waals surface area contributed by atoms with Gasteiger partial charge in [-0.2, -0.15) is 5.10 Å². The van der Waals surface area contributed by atoms with E-state index in [2.05, 4.69) is 27.1 Å². The van der Waals surface area contributed by atoms with Gasteiger partial charge in [0.2, 0.25) is 0 Å². The van der Waals surface area contributed by atoms with Crippen molar-refractivity contribution in [1.29, 1.82) is 0 Å². The van der Waals surface area contributed by atoms with Crippen molar-refractivity contribution in [3.05, 3.63) is 42.5 Å². The van der Waals surface area contributed by atoms with E-state index in [9.17, 15) is 0 Å². The van der Waals surface area contributed by atoms with Crippen LogP contribution in [0.4, 0.5) is 5.69 Å². The molecule has 0 bridgehead atoms. The number of pyridine rings is 1. The van der Waals surface area contributed by atoms with Crippen molar-refractivity contribution in [3.8, 4) is 0 Å². The minimum absolute atomic E-state index is 0.517. The third-order valence-electron chi connectivity index (χ3n) is 3.01. The summed E-state index contributed by atoms with van der Waals surface area (Å²) in [6.07, 6.45) is 5.73. The lowest BCUT2D eigenvalue weighted by Gasteiger charge is -2.41. The monoisotopic (exact) mass is 214 g/mol.